The highest BCUT2D eigenvalue weighted by Crippen LogP contribution is 2.32. The average molecular weight is 254 g/mol. The van der Waals surface area contributed by atoms with Crippen molar-refractivity contribution < 1.29 is 9.53 Å². The van der Waals surface area contributed by atoms with Crippen molar-refractivity contribution in [1.82, 2.24) is 10.6 Å². The van der Waals surface area contributed by atoms with Gasteiger partial charge in [-0.25, -0.2) is 0 Å². The Morgan fingerprint density at radius 2 is 2.22 bits per heavy atom. The Bertz CT molecular complexity index is 259. The van der Waals surface area contributed by atoms with E-state index in [1.54, 1.807) is 0 Å². The summed E-state index contributed by atoms with van der Waals surface area (Å²) in [5.74, 6) is 0.753. The molecule has 1 heterocycles. The lowest BCUT2D eigenvalue weighted by molar-refractivity contribution is -0.124. The lowest BCUT2D eigenvalue weighted by atomic mass is 9.80. The van der Waals surface area contributed by atoms with Gasteiger partial charge in [-0.15, -0.1) is 0 Å². The van der Waals surface area contributed by atoms with Gasteiger partial charge in [0.2, 0.25) is 5.91 Å². The first-order valence-corrected chi connectivity index (χ1v) is 7.39. The molecular weight excluding hydrogens is 228 g/mol. The lowest BCUT2D eigenvalue weighted by Crippen LogP contribution is -2.44. The van der Waals surface area contributed by atoms with Gasteiger partial charge in [-0.3, -0.25) is 4.79 Å². The van der Waals surface area contributed by atoms with Gasteiger partial charge in [-0.05, 0) is 45.1 Å². The number of carbonyl (C=O) groups excluding carboxylic acids is 1. The van der Waals surface area contributed by atoms with Crippen molar-refractivity contribution in [3.63, 3.8) is 0 Å². The molecule has 2 aliphatic rings. The molecule has 1 unspecified atom stereocenters. The first-order valence-electron chi connectivity index (χ1n) is 7.39. The molecule has 0 radical (unpaired) electrons. The Morgan fingerprint density at radius 1 is 1.39 bits per heavy atom. The summed E-state index contributed by atoms with van der Waals surface area (Å²) in [7, 11) is 0. The molecule has 1 amide bonds. The van der Waals surface area contributed by atoms with Crippen LogP contribution < -0.4 is 10.6 Å². The molecule has 4 nitrogen and oxygen atoms in total. The lowest BCUT2D eigenvalue weighted by Gasteiger charge is -2.34. The zero-order chi connectivity index (χ0) is 12.8. The zero-order valence-corrected chi connectivity index (χ0v) is 11.4. The third kappa shape index (κ3) is 4.25. The minimum Gasteiger partial charge on any atom is -0.378 e. The van der Waals surface area contributed by atoms with Crippen LogP contribution in [-0.4, -0.2) is 37.7 Å². The number of ether oxygens (including phenoxy) is 1. The fourth-order valence-corrected chi connectivity index (χ4v) is 2.88. The van der Waals surface area contributed by atoms with Crippen LogP contribution in [0.5, 0.6) is 0 Å². The van der Waals surface area contributed by atoms with Crippen molar-refractivity contribution >= 4 is 5.91 Å². The molecule has 1 aliphatic carbocycles. The molecule has 0 aromatic rings. The molecule has 0 spiro atoms. The predicted molar refractivity (Wildman–Crippen MR) is 71.4 cm³/mol. The van der Waals surface area contributed by atoms with E-state index in [-0.39, 0.29) is 5.91 Å². The van der Waals surface area contributed by atoms with Crippen LogP contribution in [0.3, 0.4) is 0 Å². The maximum absolute atomic E-state index is 11.8. The Balaban J connectivity index is 1.53. The van der Waals surface area contributed by atoms with Crippen LogP contribution in [0.25, 0.3) is 0 Å². The Labute approximate surface area is 110 Å². The molecule has 2 fully saturated rings. The van der Waals surface area contributed by atoms with Crippen molar-refractivity contribution in [2.24, 2.45) is 5.92 Å². The first kappa shape index (κ1) is 13.8. The summed E-state index contributed by atoms with van der Waals surface area (Å²) < 4.78 is 5.50. The van der Waals surface area contributed by atoms with Gasteiger partial charge in [0.1, 0.15) is 0 Å². The summed E-state index contributed by atoms with van der Waals surface area (Å²) in [4.78, 5) is 11.8. The molecule has 0 aromatic heterocycles. The van der Waals surface area contributed by atoms with Crippen LogP contribution in [0.1, 0.15) is 45.4 Å². The van der Waals surface area contributed by atoms with Gasteiger partial charge in [0.15, 0.2) is 0 Å². The summed E-state index contributed by atoms with van der Waals surface area (Å²) >= 11 is 0. The number of rotatable bonds is 6. The van der Waals surface area contributed by atoms with Crippen LogP contribution in [0.2, 0.25) is 0 Å². The molecule has 2 rings (SSSR count). The molecule has 1 saturated heterocycles. The number of nitrogens with one attached hydrogen (secondary N) is 2. The molecule has 4 heteroatoms. The number of carbonyl (C=O) groups is 1. The van der Waals surface area contributed by atoms with Gasteiger partial charge in [-0.1, -0.05) is 6.42 Å². The van der Waals surface area contributed by atoms with Gasteiger partial charge >= 0.3 is 0 Å². The number of piperidine rings is 1. The largest absolute Gasteiger partial charge is 0.378 e. The highest BCUT2D eigenvalue weighted by molar-refractivity contribution is 5.76. The van der Waals surface area contributed by atoms with Gasteiger partial charge in [0.05, 0.1) is 6.10 Å². The summed E-state index contributed by atoms with van der Waals surface area (Å²) in [5, 5.41) is 6.50. The molecule has 104 valence electrons. The van der Waals surface area contributed by atoms with Gasteiger partial charge in [-0.2, -0.15) is 0 Å². The monoisotopic (exact) mass is 254 g/mol. The van der Waals surface area contributed by atoms with E-state index >= 15 is 0 Å². The fourth-order valence-electron chi connectivity index (χ4n) is 2.88. The van der Waals surface area contributed by atoms with Crippen molar-refractivity contribution in [3.05, 3.63) is 0 Å². The van der Waals surface area contributed by atoms with Crippen molar-refractivity contribution in [1.29, 1.82) is 0 Å². The third-order valence-corrected chi connectivity index (χ3v) is 4.03. The van der Waals surface area contributed by atoms with E-state index in [1.807, 2.05) is 6.92 Å². The second kappa shape index (κ2) is 7.10. The van der Waals surface area contributed by atoms with Crippen molar-refractivity contribution in [2.75, 3.05) is 19.7 Å². The number of amides is 1. The van der Waals surface area contributed by atoms with E-state index < -0.39 is 0 Å². The average Bonchev–Trinajstić information content (AvgIpc) is 2.35. The summed E-state index contributed by atoms with van der Waals surface area (Å²) in [6.45, 7) is 4.70. The highest BCUT2D eigenvalue weighted by Gasteiger charge is 2.31. The van der Waals surface area contributed by atoms with E-state index in [9.17, 15) is 4.79 Å². The van der Waals surface area contributed by atoms with E-state index in [1.165, 1.54) is 19.3 Å². The predicted octanol–water partition coefficient (Wildman–Crippen LogP) is 1.45. The van der Waals surface area contributed by atoms with Crippen LogP contribution >= 0.6 is 0 Å². The second-order valence-electron chi connectivity index (χ2n) is 5.57. The van der Waals surface area contributed by atoms with Gasteiger partial charge in [0, 0.05) is 25.6 Å². The van der Waals surface area contributed by atoms with Crippen LogP contribution in [0.15, 0.2) is 0 Å². The SMILES string of the molecule is CCOC1CC(CC(=O)NCC2CCCCN2)C1. The molecule has 1 aliphatic heterocycles. The second-order valence-corrected chi connectivity index (χ2v) is 5.57. The quantitative estimate of drug-likeness (QED) is 0.754. The summed E-state index contributed by atoms with van der Waals surface area (Å²) in [6, 6.07) is 0.486. The molecule has 2 N–H and O–H groups in total. The van der Waals surface area contributed by atoms with E-state index in [0.29, 0.717) is 24.5 Å². The topological polar surface area (TPSA) is 50.4 Å². The fraction of sp³-hybridized carbons (Fsp3) is 0.929. The van der Waals surface area contributed by atoms with Crippen LogP contribution in [-0.2, 0) is 9.53 Å². The molecule has 1 saturated carbocycles. The maximum Gasteiger partial charge on any atom is 0.220 e. The Kier molecular flexibility index (Phi) is 5.45. The smallest absolute Gasteiger partial charge is 0.220 e. The highest BCUT2D eigenvalue weighted by atomic mass is 16.5. The molecular formula is C14H26N2O2. The molecule has 0 aromatic carbocycles. The van der Waals surface area contributed by atoms with Crippen LogP contribution in [0.4, 0.5) is 0 Å². The Hall–Kier alpha value is -0.610. The van der Waals surface area contributed by atoms with Gasteiger partial charge in [0.25, 0.3) is 0 Å². The zero-order valence-electron chi connectivity index (χ0n) is 11.4. The van der Waals surface area contributed by atoms with E-state index in [4.69, 9.17) is 4.74 Å². The number of hydrogen-bond donors (Lipinski definition) is 2. The molecule has 1 atom stereocenters. The standard InChI is InChI=1S/C14H26N2O2/c1-2-18-13-7-11(8-13)9-14(17)16-10-12-5-3-4-6-15-12/h11-13,15H,2-10H2,1H3,(H,16,17). The maximum atomic E-state index is 11.8. The van der Waals surface area contributed by atoms with Gasteiger partial charge < -0.3 is 15.4 Å². The minimum absolute atomic E-state index is 0.210. The molecule has 18 heavy (non-hydrogen) atoms. The summed E-state index contributed by atoms with van der Waals surface area (Å²) in [5.41, 5.74) is 0. The van der Waals surface area contributed by atoms with Crippen molar-refractivity contribution in [2.45, 2.75) is 57.6 Å². The van der Waals surface area contributed by atoms with Crippen LogP contribution in [0, 0.1) is 5.92 Å². The number of hydrogen-bond acceptors (Lipinski definition) is 3. The molecule has 0 bridgehead atoms. The van der Waals surface area contributed by atoms with Crippen molar-refractivity contribution in [3.8, 4) is 0 Å². The summed E-state index contributed by atoms with van der Waals surface area (Å²) in [6.07, 6.45) is 6.95. The van der Waals surface area contributed by atoms with E-state index in [0.717, 1.165) is 32.5 Å². The normalized spacial score (nSPS) is 31.7. The Morgan fingerprint density at radius 3 is 2.89 bits per heavy atom. The third-order valence-electron chi connectivity index (χ3n) is 4.03. The first-order chi connectivity index (χ1) is 8.78. The van der Waals surface area contributed by atoms with E-state index in [2.05, 4.69) is 10.6 Å². The minimum atomic E-state index is 0.210.